The van der Waals surface area contributed by atoms with Crippen molar-refractivity contribution in [3.63, 3.8) is 0 Å². The number of benzene rings is 1. The van der Waals surface area contributed by atoms with Gasteiger partial charge in [0.1, 0.15) is 11.9 Å². The number of aliphatic hydroxyl groups is 1. The number of carbonyl (C=O) groups is 1. The summed E-state index contributed by atoms with van der Waals surface area (Å²) >= 11 is 0. The first-order valence-corrected chi connectivity index (χ1v) is 7.28. The Bertz CT molecular complexity index is 575. The van der Waals surface area contributed by atoms with Crippen LogP contribution in [-0.4, -0.2) is 50.1 Å². The molecule has 1 N–H and O–H groups in total. The van der Waals surface area contributed by atoms with Crippen LogP contribution in [0.15, 0.2) is 29.2 Å². The third kappa shape index (κ3) is 3.33. The molecule has 0 saturated heterocycles. The van der Waals surface area contributed by atoms with Gasteiger partial charge in [-0.2, -0.15) is 4.31 Å². The maximum absolute atomic E-state index is 13.1. The van der Waals surface area contributed by atoms with Gasteiger partial charge >= 0.3 is 5.97 Å². The van der Waals surface area contributed by atoms with Crippen LogP contribution in [0.2, 0.25) is 0 Å². The van der Waals surface area contributed by atoms with Gasteiger partial charge in [-0.25, -0.2) is 12.8 Å². The van der Waals surface area contributed by atoms with Crippen molar-refractivity contribution >= 4 is 16.0 Å². The smallest absolute Gasteiger partial charge is 0.326 e. The van der Waals surface area contributed by atoms with Gasteiger partial charge in [0.25, 0.3) is 0 Å². The fourth-order valence-corrected chi connectivity index (χ4v) is 3.35. The van der Waals surface area contributed by atoms with Gasteiger partial charge in [-0.1, -0.05) is 13.0 Å². The number of nitrogens with zero attached hydrogens (tertiary/aromatic N) is 1. The minimum absolute atomic E-state index is 0.0703. The van der Waals surface area contributed by atoms with E-state index in [1.165, 1.54) is 19.1 Å². The van der Waals surface area contributed by atoms with E-state index in [0.29, 0.717) is 0 Å². The van der Waals surface area contributed by atoms with Crippen molar-refractivity contribution in [2.75, 3.05) is 20.3 Å². The predicted molar refractivity (Wildman–Crippen MR) is 68.9 cm³/mol. The topological polar surface area (TPSA) is 83.9 Å². The van der Waals surface area contributed by atoms with E-state index >= 15 is 0 Å². The molecule has 0 saturated carbocycles. The Labute approximate surface area is 116 Å². The lowest BCUT2D eigenvalue weighted by Crippen LogP contribution is -2.47. The molecule has 1 aromatic rings. The third-order valence-corrected chi connectivity index (χ3v) is 4.69. The van der Waals surface area contributed by atoms with Gasteiger partial charge in [-0.3, -0.25) is 4.79 Å². The number of rotatable bonds is 6. The Hall–Kier alpha value is -1.51. The summed E-state index contributed by atoms with van der Waals surface area (Å²) in [6.07, 6.45) is 0. The number of sulfonamides is 1. The molecule has 0 aromatic heterocycles. The van der Waals surface area contributed by atoms with Gasteiger partial charge < -0.3 is 9.84 Å². The Morgan fingerprint density at radius 3 is 2.60 bits per heavy atom. The lowest BCUT2D eigenvalue weighted by molar-refractivity contribution is -0.146. The summed E-state index contributed by atoms with van der Waals surface area (Å²) < 4.78 is 43.1. The number of methoxy groups -OCH3 is 1. The minimum Gasteiger partial charge on any atom is -0.468 e. The molecule has 0 spiro atoms. The number of aliphatic hydroxyl groups excluding tert-OH is 1. The summed E-state index contributed by atoms with van der Waals surface area (Å²) in [6.45, 7) is 0.705. The lowest BCUT2D eigenvalue weighted by Gasteiger charge is -2.26. The molecular weight excluding hydrogens is 289 g/mol. The van der Waals surface area contributed by atoms with E-state index in [4.69, 9.17) is 0 Å². The van der Waals surface area contributed by atoms with Crippen molar-refractivity contribution in [2.45, 2.75) is 17.9 Å². The first-order chi connectivity index (χ1) is 9.38. The van der Waals surface area contributed by atoms with Crippen LogP contribution in [0, 0.1) is 5.82 Å². The Kier molecular flexibility index (Phi) is 5.61. The number of esters is 1. The maximum Gasteiger partial charge on any atom is 0.326 e. The molecule has 1 rings (SSSR count). The number of hydrogen-bond donors (Lipinski definition) is 1. The highest BCUT2D eigenvalue weighted by Crippen LogP contribution is 2.19. The van der Waals surface area contributed by atoms with Crippen LogP contribution >= 0.6 is 0 Å². The molecule has 8 heteroatoms. The van der Waals surface area contributed by atoms with Crippen molar-refractivity contribution in [1.29, 1.82) is 0 Å². The number of carbonyl (C=O) groups excluding carboxylic acids is 1. The summed E-state index contributed by atoms with van der Waals surface area (Å²) in [5, 5.41) is 9.21. The van der Waals surface area contributed by atoms with E-state index in [0.717, 1.165) is 23.5 Å². The molecule has 0 bridgehead atoms. The summed E-state index contributed by atoms with van der Waals surface area (Å²) in [7, 11) is -3.02. The van der Waals surface area contributed by atoms with Crippen LogP contribution < -0.4 is 0 Å². The van der Waals surface area contributed by atoms with Crippen molar-refractivity contribution in [2.24, 2.45) is 0 Å². The molecule has 1 aromatic carbocycles. The van der Waals surface area contributed by atoms with E-state index in [9.17, 15) is 22.7 Å². The number of hydrogen-bond acceptors (Lipinski definition) is 5. The normalized spacial score (nSPS) is 13.2. The van der Waals surface area contributed by atoms with Crippen LogP contribution in [0.4, 0.5) is 4.39 Å². The highest BCUT2D eigenvalue weighted by Gasteiger charge is 2.35. The second-order valence-corrected chi connectivity index (χ2v) is 5.78. The van der Waals surface area contributed by atoms with Crippen LogP contribution in [-0.2, 0) is 19.6 Å². The molecule has 6 nitrogen and oxygen atoms in total. The van der Waals surface area contributed by atoms with Crippen LogP contribution in [0.1, 0.15) is 6.92 Å². The standard InChI is InChI=1S/C12H16FNO5S/c1-3-14(11(8-15)12(16)19-2)20(17,18)10-6-4-5-9(13)7-10/h4-7,11,15H,3,8H2,1-2H3/t11-/m0/s1. The highest BCUT2D eigenvalue weighted by molar-refractivity contribution is 7.89. The molecule has 0 fully saturated rings. The molecule has 0 unspecified atom stereocenters. The van der Waals surface area contributed by atoms with Gasteiger partial charge in [0.15, 0.2) is 0 Å². The van der Waals surface area contributed by atoms with Gasteiger partial charge in [0.2, 0.25) is 10.0 Å². The maximum atomic E-state index is 13.1. The monoisotopic (exact) mass is 305 g/mol. The second-order valence-electron chi connectivity index (χ2n) is 3.89. The second kappa shape index (κ2) is 6.78. The number of likely N-dealkylation sites (N-methyl/N-ethyl adjacent to an activating group) is 1. The van der Waals surface area contributed by atoms with E-state index < -0.39 is 34.5 Å². The van der Waals surface area contributed by atoms with E-state index in [1.54, 1.807) is 0 Å². The summed E-state index contributed by atoms with van der Waals surface area (Å²) in [5.74, 6) is -1.59. The van der Waals surface area contributed by atoms with Crippen molar-refractivity contribution < 1.29 is 27.4 Å². The zero-order valence-electron chi connectivity index (χ0n) is 11.1. The largest absolute Gasteiger partial charge is 0.468 e. The average molecular weight is 305 g/mol. The molecule has 0 aliphatic carbocycles. The first kappa shape index (κ1) is 16.5. The van der Waals surface area contributed by atoms with Gasteiger partial charge in [0.05, 0.1) is 18.6 Å². The molecule has 0 amide bonds. The predicted octanol–water partition coefficient (Wildman–Crippen LogP) is 0.370. The van der Waals surface area contributed by atoms with Crippen molar-refractivity contribution in [1.82, 2.24) is 4.31 Å². The van der Waals surface area contributed by atoms with Gasteiger partial charge in [-0.05, 0) is 18.2 Å². The van der Waals surface area contributed by atoms with Crippen LogP contribution in [0.5, 0.6) is 0 Å². The average Bonchev–Trinajstić information content (AvgIpc) is 2.43. The van der Waals surface area contributed by atoms with E-state index in [1.807, 2.05) is 0 Å². The third-order valence-electron chi connectivity index (χ3n) is 2.71. The highest BCUT2D eigenvalue weighted by atomic mass is 32.2. The Morgan fingerprint density at radius 2 is 2.15 bits per heavy atom. The van der Waals surface area contributed by atoms with Gasteiger partial charge in [0, 0.05) is 6.54 Å². The first-order valence-electron chi connectivity index (χ1n) is 5.84. The Morgan fingerprint density at radius 1 is 1.50 bits per heavy atom. The molecule has 0 radical (unpaired) electrons. The van der Waals surface area contributed by atoms with Crippen molar-refractivity contribution in [3.8, 4) is 0 Å². The van der Waals surface area contributed by atoms with Crippen LogP contribution in [0.25, 0.3) is 0 Å². The Balaban J connectivity index is 3.25. The molecule has 20 heavy (non-hydrogen) atoms. The SMILES string of the molecule is CCN([C@@H](CO)C(=O)OC)S(=O)(=O)c1cccc(F)c1. The lowest BCUT2D eigenvalue weighted by atomic mass is 10.3. The molecule has 112 valence electrons. The molecule has 1 atom stereocenters. The quantitative estimate of drug-likeness (QED) is 0.768. The molecule has 0 aliphatic heterocycles. The van der Waals surface area contributed by atoms with Crippen molar-refractivity contribution in [3.05, 3.63) is 30.1 Å². The molecule has 0 aliphatic rings. The fourth-order valence-electron chi connectivity index (χ4n) is 1.74. The number of halogens is 1. The summed E-state index contributed by atoms with van der Waals surface area (Å²) in [5.41, 5.74) is 0. The number of ether oxygens (including phenoxy) is 1. The molecular formula is C12H16FNO5S. The zero-order chi connectivity index (χ0) is 15.3. The van der Waals surface area contributed by atoms with E-state index in [-0.39, 0.29) is 11.4 Å². The van der Waals surface area contributed by atoms with Gasteiger partial charge in [-0.15, -0.1) is 0 Å². The van der Waals surface area contributed by atoms with Crippen LogP contribution in [0.3, 0.4) is 0 Å². The summed E-state index contributed by atoms with van der Waals surface area (Å²) in [4.78, 5) is 11.2. The summed E-state index contributed by atoms with van der Waals surface area (Å²) in [6, 6.07) is 3.07. The minimum atomic E-state index is -4.11. The fraction of sp³-hybridized carbons (Fsp3) is 0.417. The molecule has 0 heterocycles. The van der Waals surface area contributed by atoms with E-state index in [2.05, 4.69) is 4.74 Å². The zero-order valence-corrected chi connectivity index (χ0v) is 11.9.